The molecule has 0 radical (unpaired) electrons. The Kier molecular flexibility index (Phi) is 59.0. The molecule has 2 unspecified atom stereocenters. The normalized spacial score (nSPS) is 12.8. The lowest BCUT2D eigenvalue weighted by atomic mass is 10.0. The lowest BCUT2D eigenvalue weighted by Crippen LogP contribution is -2.45. The van der Waals surface area contributed by atoms with Gasteiger partial charge in [-0.1, -0.05) is 275 Å². The first-order valence-electron chi connectivity index (χ1n) is 31.7. The molecule has 0 saturated carbocycles. The molecule has 0 aliphatic rings. The summed E-state index contributed by atoms with van der Waals surface area (Å²) in [5.74, 6) is -0.0667. The van der Waals surface area contributed by atoms with Gasteiger partial charge < -0.3 is 20.3 Å². The van der Waals surface area contributed by atoms with Gasteiger partial charge in [0.25, 0.3) is 0 Å². The standard InChI is InChI=1S/C65H123NO5/c1-3-5-7-9-11-13-15-17-19-21-23-25-29-33-37-41-45-49-53-57-63(68)62(61-67)66-64(69)58-54-50-46-42-38-34-30-26-24-28-32-36-40-44-48-52-56-60-71-65(70)59-55-51-47-43-39-35-31-27-22-20-18-16-14-12-10-8-6-4-2/h20,22,24,28,36,40,62-63,67-68H,3-19,21,23,25-27,29-35,37-39,41-61H2,1-2H3,(H,66,69)/b22-20-,28-24-,40-36-. The zero-order valence-corrected chi connectivity index (χ0v) is 47.7. The van der Waals surface area contributed by atoms with Gasteiger partial charge in [-0.25, -0.2) is 0 Å². The second-order valence-corrected chi connectivity index (χ2v) is 21.7. The number of unbranched alkanes of at least 4 members (excludes halogenated alkanes) is 42. The molecule has 0 spiro atoms. The summed E-state index contributed by atoms with van der Waals surface area (Å²) in [6.07, 6.45) is 75.8. The highest BCUT2D eigenvalue weighted by Crippen LogP contribution is 2.17. The second kappa shape index (κ2) is 60.6. The molecule has 0 aromatic carbocycles. The highest BCUT2D eigenvalue weighted by atomic mass is 16.5. The third-order valence-corrected chi connectivity index (χ3v) is 14.7. The van der Waals surface area contributed by atoms with Gasteiger partial charge in [0.05, 0.1) is 25.4 Å². The second-order valence-electron chi connectivity index (χ2n) is 21.7. The van der Waals surface area contributed by atoms with Gasteiger partial charge in [-0.2, -0.15) is 0 Å². The van der Waals surface area contributed by atoms with Gasteiger partial charge in [0.2, 0.25) is 5.91 Å². The Hall–Kier alpha value is -1.92. The van der Waals surface area contributed by atoms with Crippen molar-refractivity contribution in [3.63, 3.8) is 0 Å². The predicted molar refractivity (Wildman–Crippen MR) is 310 cm³/mol. The van der Waals surface area contributed by atoms with E-state index in [4.69, 9.17) is 4.74 Å². The Labute approximate surface area is 443 Å². The Balaban J connectivity index is 3.48. The van der Waals surface area contributed by atoms with Crippen molar-refractivity contribution in [1.29, 1.82) is 0 Å². The van der Waals surface area contributed by atoms with Crippen LogP contribution in [0.4, 0.5) is 0 Å². The minimum absolute atomic E-state index is 0.0179. The van der Waals surface area contributed by atoms with Crippen molar-refractivity contribution < 1.29 is 24.5 Å². The fourth-order valence-corrected chi connectivity index (χ4v) is 9.78. The van der Waals surface area contributed by atoms with Gasteiger partial charge >= 0.3 is 5.97 Å². The maximum absolute atomic E-state index is 12.5. The number of ether oxygens (including phenoxy) is 1. The number of aliphatic hydroxyl groups excluding tert-OH is 2. The van der Waals surface area contributed by atoms with E-state index in [9.17, 15) is 19.8 Å². The van der Waals surface area contributed by atoms with Crippen molar-refractivity contribution in [2.45, 2.75) is 353 Å². The molecule has 2 atom stereocenters. The van der Waals surface area contributed by atoms with Crippen LogP contribution in [0, 0.1) is 0 Å². The molecule has 0 saturated heterocycles. The molecule has 71 heavy (non-hydrogen) atoms. The predicted octanol–water partition coefficient (Wildman–Crippen LogP) is 20.0. The molecule has 0 fully saturated rings. The number of carbonyl (C=O) groups is 2. The molecule has 0 aliphatic carbocycles. The van der Waals surface area contributed by atoms with Crippen LogP contribution in [-0.2, 0) is 14.3 Å². The van der Waals surface area contributed by atoms with Crippen molar-refractivity contribution in [3.8, 4) is 0 Å². The summed E-state index contributed by atoms with van der Waals surface area (Å²) in [6, 6.07) is -0.555. The SMILES string of the molecule is CCCCCCCCC/C=C\CCCCCCCCCC(=O)OCCCCC/C=C\C/C=C\CCCCCCCCCC(=O)NC(CO)C(O)CCCCCCCCCCCCCCCCCCCCC. The third kappa shape index (κ3) is 57.2. The van der Waals surface area contributed by atoms with Crippen molar-refractivity contribution in [2.75, 3.05) is 13.2 Å². The van der Waals surface area contributed by atoms with Crippen LogP contribution in [0.5, 0.6) is 0 Å². The molecule has 1 amide bonds. The van der Waals surface area contributed by atoms with Crippen LogP contribution in [0.2, 0.25) is 0 Å². The maximum Gasteiger partial charge on any atom is 0.305 e. The van der Waals surface area contributed by atoms with Crippen molar-refractivity contribution >= 4 is 11.9 Å². The molecular weight excluding hydrogens is 875 g/mol. The molecule has 0 aromatic heterocycles. The van der Waals surface area contributed by atoms with Crippen molar-refractivity contribution in [2.24, 2.45) is 0 Å². The molecule has 418 valence electrons. The largest absolute Gasteiger partial charge is 0.466 e. The minimum Gasteiger partial charge on any atom is -0.466 e. The highest BCUT2D eigenvalue weighted by Gasteiger charge is 2.20. The minimum atomic E-state index is -0.676. The van der Waals surface area contributed by atoms with Crippen molar-refractivity contribution in [1.82, 2.24) is 5.32 Å². The van der Waals surface area contributed by atoms with E-state index < -0.39 is 12.1 Å². The van der Waals surface area contributed by atoms with E-state index in [0.29, 0.717) is 25.9 Å². The number of hydrogen-bond donors (Lipinski definition) is 3. The van der Waals surface area contributed by atoms with Crippen LogP contribution in [-0.4, -0.2) is 47.4 Å². The number of allylic oxidation sites excluding steroid dienone is 6. The van der Waals surface area contributed by atoms with E-state index in [-0.39, 0.29) is 18.5 Å². The van der Waals surface area contributed by atoms with Gasteiger partial charge in [-0.05, 0) is 89.9 Å². The number of esters is 1. The lowest BCUT2D eigenvalue weighted by molar-refractivity contribution is -0.143. The van der Waals surface area contributed by atoms with Gasteiger partial charge in [0, 0.05) is 12.8 Å². The van der Waals surface area contributed by atoms with Gasteiger partial charge in [0.15, 0.2) is 0 Å². The Morgan fingerprint density at radius 2 is 0.704 bits per heavy atom. The van der Waals surface area contributed by atoms with Crippen LogP contribution >= 0.6 is 0 Å². The number of rotatable bonds is 59. The number of aliphatic hydroxyl groups is 2. The number of carbonyl (C=O) groups excluding carboxylic acids is 2. The fraction of sp³-hybridized carbons (Fsp3) is 0.877. The van der Waals surface area contributed by atoms with E-state index in [2.05, 4.69) is 55.6 Å². The first kappa shape index (κ1) is 69.1. The van der Waals surface area contributed by atoms with Gasteiger partial charge in [0.1, 0.15) is 0 Å². The average molecular weight is 999 g/mol. The lowest BCUT2D eigenvalue weighted by Gasteiger charge is -2.22. The summed E-state index contributed by atoms with van der Waals surface area (Å²) < 4.78 is 5.47. The molecule has 6 nitrogen and oxygen atoms in total. The van der Waals surface area contributed by atoms with Crippen molar-refractivity contribution in [3.05, 3.63) is 36.5 Å². The molecule has 0 rings (SSSR count). The van der Waals surface area contributed by atoms with Gasteiger partial charge in [-0.3, -0.25) is 9.59 Å². The summed E-state index contributed by atoms with van der Waals surface area (Å²) in [5, 5.41) is 23.3. The van der Waals surface area contributed by atoms with Crippen LogP contribution in [0.25, 0.3) is 0 Å². The number of hydrogen-bond acceptors (Lipinski definition) is 5. The fourth-order valence-electron chi connectivity index (χ4n) is 9.78. The van der Waals surface area contributed by atoms with E-state index in [1.807, 2.05) is 0 Å². The van der Waals surface area contributed by atoms with E-state index in [0.717, 1.165) is 83.5 Å². The average Bonchev–Trinajstić information content (AvgIpc) is 3.37. The molecule has 6 heteroatoms. The molecule has 0 aliphatic heterocycles. The summed E-state index contributed by atoms with van der Waals surface area (Å²) in [4.78, 5) is 24.6. The quantitative estimate of drug-likeness (QED) is 0.0321. The first-order chi connectivity index (χ1) is 35.0. The monoisotopic (exact) mass is 998 g/mol. The summed E-state index contributed by atoms with van der Waals surface area (Å²) in [5.41, 5.74) is 0. The van der Waals surface area contributed by atoms with Crippen LogP contribution in [0.1, 0.15) is 341 Å². The van der Waals surface area contributed by atoms with E-state index in [1.54, 1.807) is 0 Å². The topological polar surface area (TPSA) is 95.9 Å². The molecular formula is C65H123NO5. The van der Waals surface area contributed by atoms with Crippen LogP contribution < -0.4 is 5.32 Å². The summed E-state index contributed by atoms with van der Waals surface area (Å²) >= 11 is 0. The van der Waals surface area contributed by atoms with Crippen LogP contribution in [0.3, 0.4) is 0 Å². The Bertz CT molecular complexity index is 1150. The smallest absolute Gasteiger partial charge is 0.305 e. The van der Waals surface area contributed by atoms with E-state index in [1.165, 1.54) is 225 Å². The Morgan fingerprint density at radius 3 is 1.08 bits per heavy atom. The number of nitrogens with one attached hydrogen (secondary N) is 1. The summed E-state index contributed by atoms with van der Waals surface area (Å²) in [6.45, 7) is 4.93. The highest BCUT2D eigenvalue weighted by molar-refractivity contribution is 5.76. The molecule has 0 aromatic rings. The summed E-state index contributed by atoms with van der Waals surface area (Å²) in [7, 11) is 0. The number of amides is 1. The third-order valence-electron chi connectivity index (χ3n) is 14.7. The Morgan fingerprint density at radius 1 is 0.394 bits per heavy atom. The molecule has 0 heterocycles. The first-order valence-corrected chi connectivity index (χ1v) is 31.7. The van der Waals surface area contributed by atoms with E-state index >= 15 is 0 Å². The molecule has 0 bridgehead atoms. The zero-order chi connectivity index (χ0) is 51.4. The zero-order valence-electron chi connectivity index (χ0n) is 47.7. The van der Waals surface area contributed by atoms with Gasteiger partial charge in [-0.15, -0.1) is 0 Å². The maximum atomic E-state index is 12.5. The van der Waals surface area contributed by atoms with Crippen LogP contribution in [0.15, 0.2) is 36.5 Å². The molecule has 3 N–H and O–H groups in total.